The van der Waals surface area contributed by atoms with E-state index in [1.807, 2.05) is 54.6 Å². The van der Waals surface area contributed by atoms with Crippen LogP contribution in [0.15, 0.2) is 54.6 Å². The van der Waals surface area contributed by atoms with Gasteiger partial charge in [-0.05, 0) is 23.1 Å². The fourth-order valence-corrected chi connectivity index (χ4v) is 2.11. The van der Waals surface area contributed by atoms with Gasteiger partial charge in [-0.3, -0.25) is 4.79 Å². The maximum absolute atomic E-state index is 10.6. The summed E-state index contributed by atoms with van der Waals surface area (Å²) in [4.78, 5) is 10.6. The highest BCUT2D eigenvalue weighted by molar-refractivity contribution is 5.67. The molecular weight excluding hydrogens is 250 g/mol. The maximum atomic E-state index is 10.6. The Balaban J connectivity index is 2.15. The van der Waals surface area contributed by atoms with E-state index in [1.165, 1.54) is 0 Å². The SMILES string of the molecule is N#CC(CCC(=O)O)c1ccc(-c2ccccc2)cc1. The average Bonchev–Trinajstić information content (AvgIpc) is 2.49. The van der Waals surface area contributed by atoms with E-state index in [0.29, 0.717) is 6.42 Å². The molecule has 0 bridgehead atoms. The van der Waals surface area contributed by atoms with Gasteiger partial charge in [-0.15, -0.1) is 0 Å². The Morgan fingerprint density at radius 3 is 2.20 bits per heavy atom. The van der Waals surface area contributed by atoms with Gasteiger partial charge in [0.05, 0.1) is 12.0 Å². The molecule has 3 heteroatoms. The average molecular weight is 265 g/mol. The molecular formula is C17H15NO2. The van der Waals surface area contributed by atoms with Gasteiger partial charge in [-0.1, -0.05) is 54.6 Å². The number of carbonyl (C=O) groups is 1. The molecule has 0 aliphatic carbocycles. The van der Waals surface area contributed by atoms with Crippen LogP contribution in [-0.4, -0.2) is 11.1 Å². The Morgan fingerprint density at radius 1 is 1.05 bits per heavy atom. The molecule has 0 aliphatic rings. The third kappa shape index (κ3) is 3.46. The van der Waals surface area contributed by atoms with Gasteiger partial charge in [0, 0.05) is 6.42 Å². The first kappa shape index (κ1) is 13.8. The first-order valence-corrected chi connectivity index (χ1v) is 6.47. The number of carboxylic acids is 1. The van der Waals surface area contributed by atoms with Crippen molar-refractivity contribution in [2.45, 2.75) is 18.8 Å². The number of carboxylic acid groups (broad SMARTS) is 1. The largest absolute Gasteiger partial charge is 0.481 e. The minimum absolute atomic E-state index is 0.0126. The fraction of sp³-hybridized carbons (Fsp3) is 0.176. The Kier molecular flexibility index (Phi) is 4.52. The smallest absolute Gasteiger partial charge is 0.303 e. The van der Waals surface area contributed by atoms with Crippen LogP contribution in [0.2, 0.25) is 0 Å². The summed E-state index contributed by atoms with van der Waals surface area (Å²) in [5.41, 5.74) is 3.08. The molecule has 3 nitrogen and oxygen atoms in total. The van der Waals surface area contributed by atoms with Crippen molar-refractivity contribution >= 4 is 5.97 Å². The van der Waals surface area contributed by atoms with Crippen LogP contribution in [0.1, 0.15) is 24.3 Å². The van der Waals surface area contributed by atoms with Crippen LogP contribution in [0.25, 0.3) is 11.1 Å². The van der Waals surface area contributed by atoms with Gasteiger partial charge < -0.3 is 5.11 Å². The molecule has 0 heterocycles. The number of rotatable bonds is 5. The molecule has 1 N–H and O–H groups in total. The molecule has 20 heavy (non-hydrogen) atoms. The van der Waals surface area contributed by atoms with Gasteiger partial charge >= 0.3 is 5.97 Å². The highest BCUT2D eigenvalue weighted by Gasteiger charge is 2.12. The molecule has 0 saturated heterocycles. The van der Waals surface area contributed by atoms with Crippen LogP contribution in [0.4, 0.5) is 0 Å². The second-order valence-electron chi connectivity index (χ2n) is 4.60. The predicted octanol–water partition coefficient (Wildman–Crippen LogP) is 3.83. The first-order valence-electron chi connectivity index (χ1n) is 6.47. The lowest BCUT2D eigenvalue weighted by atomic mass is 9.94. The molecule has 2 rings (SSSR count). The lowest BCUT2D eigenvalue weighted by Crippen LogP contribution is -2.01. The van der Waals surface area contributed by atoms with Crippen molar-refractivity contribution in [1.82, 2.24) is 0 Å². The quantitative estimate of drug-likeness (QED) is 0.893. The Hall–Kier alpha value is -2.60. The summed E-state index contributed by atoms with van der Waals surface area (Å²) in [5, 5.41) is 17.8. The molecule has 0 aliphatic heterocycles. The third-order valence-electron chi connectivity index (χ3n) is 3.22. The number of hydrogen-bond donors (Lipinski definition) is 1. The lowest BCUT2D eigenvalue weighted by molar-refractivity contribution is -0.137. The highest BCUT2D eigenvalue weighted by Crippen LogP contribution is 2.25. The lowest BCUT2D eigenvalue weighted by Gasteiger charge is -2.09. The van der Waals surface area contributed by atoms with Crippen molar-refractivity contribution in [3.63, 3.8) is 0 Å². The summed E-state index contributed by atoms with van der Waals surface area (Å²) in [7, 11) is 0. The van der Waals surface area contributed by atoms with Gasteiger partial charge in [0.25, 0.3) is 0 Å². The number of hydrogen-bond acceptors (Lipinski definition) is 2. The second-order valence-corrected chi connectivity index (χ2v) is 4.60. The van der Waals surface area contributed by atoms with Crippen molar-refractivity contribution in [2.24, 2.45) is 0 Å². The van der Waals surface area contributed by atoms with Crippen LogP contribution in [-0.2, 0) is 4.79 Å². The van der Waals surface area contributed by atoms with Gasteiger partial charge in [0.1, 0.15) is 0 Å². The molecule has 2 aromatic rings. The van der Waals surface area contributed by atoms with E-state index in [1.54, 1.807) is 0 Å². The second kappa shape index (κ2) is 6.53. The van der Waals surface area contributed by atoms with E-state index in [4.69, 9.17) is 10.4 Å². The zero-order valence-corrected chi connectivity index (χ0v) is 11.0. The van der Waals surface area contributed by atoms with Crippen molar-refractivity contribution in [2.75, 3.05) is 0 Å². The van der Waals surface area contributed by atoms with E-state index in [0.717, 1.165) is 16.7 Å². The molecule has 0 radical (unpaired) electrons. The van der Waals surface area contributed by atoms with E-state index in [9.17, 15) is 4.79 Å². The number of nitriles is 1. The molecule has 0 spiro atoms. The molecule has 100 valence electrons. The maximum Gasteiger partial charge on any atom is 0.303 e. The Labute approximate surface area is 118 Å². The molecule has 0 aromatic heterocycles. The molecule has 0 fully saturated rings. The Bertz CT molecular complexity index is 612. The van der Waals surface area contributed by atoms with E-state index >= 15 is 0 Å². The molecule has 0 amide bonds. The van der Waals surface area contributed by atoms with Crippen LogP contribution >= 0.6 is 0 Å². The minimum Gasteiger partial charge on any atom is -0.481 e. The van der Waals surface area contributed by atoms with Gasteiger partial charge in [0.15, 0.2) is 0 Å². The third-order valence-corrected chi connectivity index (χ3v) is 3.22. The summed E-state index contributed by atoms with van der Waals surface area (Å²) < 4.78 is 0. The van der Waals surface area contributed by atoms with Crippen LogP contribution in [0, 0.1) is 11.3 Å². The van der Waals surface area contributed by atoms with Gasteiger partial charge in [-0.25, -0.2) is 0 Å². The number of nitrogens with zero attached hydrogens (tertiary/aromatic N) is 1. The predicted molar refractivity (Wildman–Crippen MR) is 77.1 cm³/mol. The molecule has 0 saturated carbocycles. The summed E-state index contributed by atoms with van der Waals surface area (Å²) >= 11 is 0. The highest BCUT2D eigenvalue weighted by atomic mass is 16.4. The molecule has 1 atom stereocenters. The normalized spacial score (nSPS) is 11.6. The zero-order valence-electron chi connectivity index (χ0n) is 11.0. The minimum atomic E-state index is -0.869. The van der Waals surface area contributed by atoms with E-state index < -0.39 is 5.97 Å². The van der Waals surface area contributed by atoms with Crippen LogP contribution in [0.5, 0.6) is 0 Å². The van der Waals surface area contributed by atoms with Crippen molar-refractivity contribution in [3.8, 4) is 17.2 Å². The van der Waals surface area contributed by atoms with Crippen molar-refractivity contribution in [3.05, 3.63) is 60.2 Å². The standard InChI is InChI=1S/C17H15NO2/c18-12-16(10-11-17(19)20)15-8-6-14(7-9-15)13-4-2-1-3-5-13/h1-9,16H,10-11H2,(H,19,20). The summed E-state index contributed by atoms with van der Waals surface area (Å²) in [6.45, 7) is 0. The van der Waals surface area contributed by atoms with Crippen LogP contribution < -0.4 is 0 Å². The molecule has 2 aromatic carbocycles. The van der Waals surface area contributed by atoms with Gasteiger partial charge in [-0.2, -0.15) is 5.26 Å². The van der Waals surface area contributed by atoms with E-state index in [2.05, 4.69) is 6.07 Å². The van der Waals surface area contributed by atoms with Crippen molar-refractivity contribution < 1.29 is 9.90 Å². The topological polar surface area (TPSA) is 61.1 Å². The summed E-state index contributed by atoms with van der Waals surface area (Å²) in [5.74, 6) is -1.23. The zero-order chi connectivity index (χ0) is 14.4. The fourth-order valence-electron chi connectivity index (χ4n) is 2.11. The number of benzene rings is 2. The van der Waals surface area contributed by atoms with Crippen molar-refractivity contribution in [1.29, 1.82) is 5.26 Å². The Morgan fingerprint density at radius 2 is 1.65 bits per heavy atom. The summed E-state index contributed by atoms with van der Waals surface area (Å²) in [6.07, 6.45) is 0.356. The monoisotopic (exact) mass is 265 g/mol. The van der Waals surface area contributed by atoms with E-state index in [-0.39, 0.29) is 12.3 Å². The van der Waals surface area contributed by atoms with Gasteiger partial charge in [0.2, 0.25) is 0 Å². The molecule has 1 unspecified atom stereocenters. The summed E-state index contributed by atoms with van der Waals surface area (Å²) in [6, 6.07) is 19.9. The number of aliphatic carboxylic acids is 1. The van der Waals surface area contributed by atoms with Crippen LogP contribution in [0.3, 0.4) is 0 Å². The first-order chi connectivity index (χ1) is 9.70.